The van der Waals surface area contributed by atoms with Crippen molar-refractivity contribution in [3.05, 3.63) is 29.3 Å². The molecule has 0 saturated carbocycles. The Hall–Kier alpha value is -0.870. The van der Waals surface area contributed by atoms with Crippen LogP contribution in [0.2, 0.25) is 0 Å². The zero-order valence-corrected chi connectivity index (χ0v) is 9.76. The van der Waals surface area contributed by atoms with Gasteiger partial charge in [-0.1, -0.05) is 19.1 Å². The molecule has 1 N–H and O–H groups in total. The molecule has 1 atom stereocenters. The monoisotopic (exact) mass is 225 g/mol. The highest BCUT2D eigenvalue weighted by atomic mass is 32.2. The van der Waals surface area contributed by atoms with Crippen molar-refractivity contribution in [2.24, 2.45) is 5.92 Å². The summed E-state index contributed by atoms with van der Waals surface area (Å²) >= 11 is 0. The van der Waals surface area contributed by atoms with E-state index >= 15 is 0 Å². The third-order valence-electron chi connectivity index (χ3n) is 2.70. The summed E-state index contributed by atoms with van der Waals surface area (Å²) < 4.78 is 26.4. The zero-order valence-electron chi connectivity index (χ0n) is 8.95. The summed E-state index contributed by atoms with van der Waals surface area (Å²) in [5.74, 6) is 0.351. The van der Waals surface area contributed by atoms with Gasteiger partial charge in [-0.3, -0.25) is 0 Å². The van der Waals surface area contributed by atoms with E-state index < -0.39 is 10.0 Å². The van der Waals surface area contributed by atoms with Gasteiger partial charge in [-0.2, -0.15) is 0 Å². The average molecular weight is 225 g/mol. The minimum atomic E-state index is -3.28. The van der Waals surface area contributed by atoms with E-state index in [2.05, 4.69) is 11.6 Å². The topological polar surface area (TPSA) is 46.2 Å². The van der Waals surface area contributed by atoms with E-state index in [4.69, 9.17) is 0 Å². The van der Waals surface area contributed by atoms with Gasteiger partial charge in [-0.15, -0.1) is 0 Å². The van der Waals surface area contributed by atoms with Crippen LogP contribution in [-0.4, -0.2) is 15.0 Å². The minimum absolute atomic E-state index is 0.351. The van der Waals surface area contributed by atoms with E-state index in [0.717, 1.165) is 17.5 Å². The molecule has 0 saturated heterocycles. The second kappa shape index (κ2) is 3.61. The van der Waals surface area contributed by atoms with Crippen LogP contribution in [0.25, 0.3) is 0 Å². The normalized spacial score (nSPS) is 24.3. The van der Waals surface area contributed by atoms with Gasteiger partial charge in [0.25, 0.3) is 0 Å². The lowest BCUT2D eigenvalue weighted by Crippen LogP contribution is -2.26. The molecular formula is C11H15NO2S. The highest BCUT2D eigenvalue weighted by Gasteiger charge is 2.23. The predicted molar refractivity (Wildman–Crippen MR) is 59.2 cm³/mol. The fraction of sp³-hybridized carbons (Fsp3) is 0.455. The molecule has 3 nitrogen and oxygen atoms in total. The van der Waals surface area contributed by atoms with Crippen LogP contribution in [0.5, 0.6) is 0 Å². The Morgan fingerprint density at radius 1 is 1.40 bits per heavy atom. The van der Waals surface area contributed by atoms with Crippen molar-refractivity contribution < 1.29 is 8.42 Å². The van der Waals surface area contributed by atoms with Crippen LogP contribution >= 0.6 is 0 Å². The molecule has 15 heavy (non-hydrogen) atoms. The quantitative estimate of drug-likeness (QED) is 0.726. The minimum Gasteiger partial charge on any atom is -0.211 e. The number of aryl methyl sites for hydroxylation is 1. The van der Waals surface area contributed by atoms with Gasteiger partial charge in [0, 0.05) is 6.54 Å². The fourth-order valence-corrected chi connectivity index (χ4v) is 3.35. The highest BCUT2D eigenvalue weighted by Crippen LogP contribution is 2.23. The molecular weight excluding hydrogens is 210 g/mol. The number of rotatable bonds is 0. The number of sulfonamides is 1. The van der Waals surface area contributed by atoms with Crippen LogP contribution < -0.4 is 4.72 Å². The molecule has 1 aromatic rings. The van der Waals surface area contributed by atoms with Crippen LogP contribution in [0, 0.1) is 12.8 Å². The van der Waals surface area contributed by atoms with Crippen LogP contribution in [0.1, 0.15) is 18.1 Å². The summed E-state index contributed by atoms with van der Waals surface area (Å²) in [6.45, 7) is 4.48. The van der Waals surface area contributed by atoms with Crippen molar-refractivity contribution >= 4 is 10.0 Å². The molecule has 0 radical (unpaired) electrons. The van der Waals surface area contributed by atoms with Gasteiger partial charge in [0.05, 0.1) is 4.90 Å². The Morgan fingerprint density at radius 2 is 2.13 bits per heavy atom. The van der Waals surface area contributed by atoms with Gasteiger partial charge in [0.2, 0.25) is 10.0 Å². The van der Waals surface area contributed by atoms with Crippen molar-refractivity contribution in [1.29, 1.82) is 0 Å². The Labute approximate surface area is 90.6 Å². The van der Waals surface area contributed by atoms with Gasteiger partial charge in [-0.25, -0.2) is 13.1 Å². The third-order valence-corrected chi connectivity index (χ3v) is 4.21. The third kappa shape index (κ3) is 2.06. The molecule has 1 aliphatic rings. The van der Waals surface area contributed by atoms with E-state index in [-0.39, 0.29) is 0 Å². The van der Waals surface area contributed by atoms with Crippen LogP contribution in [0.4, 0.5) is 0 Å². The maximum absolute atomic E-state index is 11.9. The summed E-state index contributed by atoms with van der Waals surface area (Å²) in [6, 6.07) is 5.63. The molecule has 1 aromatic carbocycles. The predicted octanol–water partition coefficient (Wildman–Crippen LogP) is 1.47. The number of nitrogens with one attached hydrogen (secondary N) is 1. The van der Waals surface area contributed by atoms with E-state index in [0.29, 0.717) is 17.4 Å². The lowest BCUT2D eigenvalue weighted by Gasteiger charge is -2.07. The molecule has 1 aliphatic heterocycles. The van der Waals surface area contributed by atoms with Crippen molar-refractivity contribution in [3.63, 3.8) is 0 Å². The van der Waals surface area contributed by atoms with Gasteiger partial charge >= 0.3 is 0 Å². The summed E-state index contributed by atoms with van der Waals surface area (Å²) in [5.41, 5.74) is 1.91. The molecule has 0 spiro atoms. The Morgan fingerprint density at radius 3 is 2.87 bits per heavy atom. The summed E-state index contributed by atoms with van der Waals surface area (Å²) in [6.07, 6.45) is 0.821. The highest BCUT2D eigenvalue weighted by molar-refractivity contribution is 7.89. The first-order valence-corrected chi connectivity index (χ1v) is 6.56. The fourth-order valence-electron chi connectivity index (χ4n) is 1.86. The van der Waals surface area contributed by atoms with Gasteiger partial charge in [0.15, 0.2) is 0 Å². The molecule has 0 bridgehead atoms. The number of benzene rings is 1. The lowest BCUT2D eigenvalue weighted by atomic mass is 10.0. The van der Waals surface area contributed by atoms with Crippen molar-refractivity contribution in [1.82, 2.24) is 4.72 Å². The molecule has 0 aliphatic carbocycles. The SMILES string of the molecule is Cc1ccc2c(c1)S(=O)(=O)NC[C@@H](C)C2. The first kappa shape index (κ1) is 10.6. The standard InChI is InChI=1S/C11H15NO2S/c1-8-3-4-10-5-9(2)7-12-15(13,14)11(10)6-8/h3-4,6,9,12H,5,7H2,1-2H3/t9-/m0/s1. The largest absolute Gasteiger partial charge is 0.240 e. The van der Waals surface area contributed by atoms with Crippen molar-refractivity contribution in [3.8, 4) is 0 Å². The Kier molecular flexibility index (Phi) is 2.56. The number of hydrogen-bond donors (Lipinski definition) is 1. The van der Waals surface area contributed by atoms with E-state index in [1.54, 1.807) is 6.07 Å². The van der Waals surface area contributed by atoms with Crippen molar-refractivity contribution in [2.45, 2.75) is 25.2 Å². The van der Waals surface area contributed by atoms with E-state index in [9.17, 15) is 8.42 Å². The maximum Gasteiger partial charge on any atom is 0.240 e. The van der Waals surface area contributed by atoms with Gasteiger partial charge in [0.1, 0.15) is 0 Å². The van der Waals surface area contributed by atoms with E-state index in [1.807, 2.05) is 19.1 Å². The first-order valence-electron chi connectivity index (χ1n) is 5.08. The summed E-state index contributed by atoms with van der Waals surface area (Å²) in [7, 11) is -3.28. The van der Waals surface area contributed by atoms with Gasteiger partial charge in [-0.05, 0) is 36.5 Å². The van der Waals surface area contributed by atoms with E-state index in [1.165, 1.54) is 0 Å². The molecule has 0 fully saturated rings. The summed E-state index contributed by atoms with van der Waals surface area (Å²) in [4.78, 5) is 0.451. The Balaban J connectivity index is 2.61. The lowest BCUT2D eigenvalue weighted by molar-refractivity contribution is 0.552. The molecule has 2 rings (SSSR count). The molecule has 0 amide bonds. The maximum atomic E-state index is 11.9. The molecule has 0 aromatic heterocycles. The first-order chi connectivity index (χ1) is 6.99. The number of fused-ring (bicyclic) bond motifs is 1. The summed E-state index contributed by atoms with van der Waals surface area (Å²) in [5, 5.41) is 0. The second-order valence-electron chi connectivity index (χ2n) is 4.27. The van der Waals surface area contributed by atoms with Crippen LogP contribution in [-0.2, 0) is 16.4 Å². The molecule has 4 heteroatoms. The smallest absolute Gasteiger partial charge is 0.211 e. The number of hydrogen-bond acceptors (Lipinski definition) is 2. The second-order valence-corrected chi connectivity index (χ2v) is 6.01. The van der Waals surface area contributed by atoms with Crippen LogP contribution in [0.15, 0.2) is 23.1 Å². The van der Waals surface area contributed by atoms with Crippen molar-refractivity contribution in [2.75, 3.05) is 6.54 Å². The molecule has 82 valence electrons. The van der Waals surface area contributed by atoms with Crippen LogP contribution in [0.3, 0.4) is 0 Å². The molecule has 0 unspecified atom stereocenters. The molecule has 1 heterocycles. The Bertz CT molecular complexity index is 479. The average Bonchev–Trinajstić information content (AvgIpc) is 2.27. The van der Waals surface area contributed by atoms with Gasteiger partial charge < -0.3 is 0 Å². The zero-order chi connectivity index (χ0) is 11.1.